The van der Waals surface area contributed by atoms with Crippen LogP contribution in [0.25, 0.3) is 22.4 Å². The fraction of sp³-hybridized carbons (Fsp3) is 0.0800. The predicted octanol–water partition coefficient (Wildman–Crippen LogP) is 4.42. The van der Waals surface area contributed by atoms with Crippen LogP contribution >= 0.6 is 0 Å². The lowest BCUT2D eigenvalue weighted by molar-refractivity contribution is 0.102. The average molecular weight is 410 g/mol. The summed E-state index contributed by atoms with van der Waals surface area (Å²) >= 11 is 0. The number of aromatic amines is 1. The lowest BCUT2D eigenvalue weighted by atomic mass is 9.95. The van der Waals surface area contributed by atoms with Gasteiger partial charge in [0.1, 0.15) is 5.56 Å². The van der Waals surface area contributed by atoms with Crippen LogP contribution in [0.3, 0.4) is 0 Å². The zero-order chi connectivity index (χ0) is 21.8. The van der Waals surface area contributed by atoms with E-state index in [4.69, 9.17) is 0 Å². The summed E-state index contributed by atoms with van der Waals surface area (Å²) in [6.45, 7) is 0. The number of nitrogens with zero attached hydrogens (tertiary/aromatic N) is 2. The van der Waals surface area contributed by atoms with Crippen LogP contribution in [0, 0.1) is 0 Å². The highest BCUT2D eigenvalue weighted by Crippen LogP contribution is 2.32. The van der Waals surface area contributed by atoms with Crippen LogP contribution in [0.5, 0.6) is 0 Å². The lowest BCUT2D eigenvalue weighted by Crippen LogP contribution is -2.26. The van der Waals surface area contributed by atoms with Gasteiger partial charge in [-0.05, 0) is 23.8 Å². The summed E-state index contributed by atoms with van der Waals surface area (Å²) in [5, 5.41) is 9.66. The number of anilines is 2. The van der Waals surface area contributed by atoms with Crippen LogP contribution in [0.1, 0.15) is 10.4 Å². The second kappa shape index (κ2) is 8.67. The highest BCUT2D eigenvalue weighted by Gasteiger charge is 2.23. The Balaban J connectivity index is 1.86. The largest absolute Gasteiger partial charge is 0.378 e. The number of aromatic nitrogens is 2. The minimum absolute atomic E-state index is 0.0234. The Hall–Kier alpha value is -4.19. The van der Waals surface area contributed by atoms with E-state index in [-0.39, 0.29) is 5.56 Å². The number of carbonyl (C=O) groups is 1. The van der Waals surface area contributed by atoms with E-state index in [1.807, 2.05) is 97.9 Å². The topological polar surface area (TPSA) is 78.1 Å². The number of amides is 1. The van der Waals surface area contributed by atoms with Gasteiger partial charge in [-0.2, -0.15) is 5.10 Å². The third kappa shape index (κ3) is 4.23. The molecule has 0 saturated heterocycles. The van der Waals surface area contributed by atoms with Gasteiger partial charge in [0.05, 0.1) is 5.69 Å². The Kier molecular flexibility index (Phi) is 5.62. The molecule has 3 aromatic carbocycles. The second-order valence-corrected chi connectivity index (χ2v) is 7.28. The van der Waals surface area contributed by atoms with E-state index in [0.717, 1.165) is 16.8 Å². The first-order valence-corrected chi connectivity index (χ1v) is 9.87. The van der Waals surface area contributed by atoms with Crippen LogP contribution in [-0.2, 0) is 0 Å². The van der Waals surface area contributed by atoms with Gasteiger partial charge in [-0.25, -0.2) is 5.10 Å². The molecule has 1 aromatic heterocycles. The summed E-state index contributed by atoms with van der Waals surface area (Å²) in [4.78, 5) is 28.1. The van der Waals surface area contributed by atoms with Crippen molar-refractivity contribution in [3.63, 3.8) is 0 Å². The molecule has 0 saturated carbocycles. The third-order valence-electron chi connectivity index (χ3n) is 4.94. The molecule has 6 heteroatoms. The van der Waals surface area contributed by atoms with E-state index in [1.165, 1.54) is 0 Å². The quantitative estimate of drug-likeness (QED) is 0.510. The zero-order valence-corrected chi connectivity index (χ0v) is 17.3. The fourth-order valence-electron chi connectivity index (χ4n) is 3.41. The molecule has 4 aromatic rings. The van der Waals surface area contributed by atoms with Crippen LogP contribution < -0.4 is 15.8 Å². The van der Waals surface area contributed by atoms with Crippen molar-refractivity contribution in [1.29, 1.82) is 0 Å². The third-order valence-corrected chi connectivity index (χ3v) is 4.94. The monoisotopic (exact) mass is 410 g/mol. The van der Waals surface area contributed by atoms with E-state index in [9.17, 15) is 9.59 Å². The van der Waals surface area contributed by atoms with Gasteiger partial charge in [0.25, 0.3) is 11.5 Å². The molecule has 0 fully saturated rings. The van der Waals surface area contributed by atoms with Crippen LogP contribution in [0.15, 0.2) is 89.7 Å². The molecule has 154 valence electrons. The van der Waals surface area contributed by atoms with Gasteiger partial charge in [-0.15, -0.1) is 0 Å². The number of hydrogen-bond donors (Lipinski definition) is 2. The Bertz CT molecular complexity index is 1270. The highest BCUT2D eigenvalue weighted by molar-refractivity contribution is 6.10. The van der Waals surface area contributed by atoms with Crippen molar-refractivity contribution >= 4 is 17.3 Å². The normalized spacial score (nSPS) is 10.5. The zero-order valence-electron chi connectivity index (χ0n) is 17.3. The van der Waals surface area contributed by atoms with Gasteiger partial charge >= 0.3 is 0 Å². The second-order valence-electron chi connectivity index (χ2n) is 7.28. The number of rotatable bonds is 5. The molecule has 0 atom stereocenters. The molecule has 1 heterocycles. The summed E-state index contributed by atoms with van der Waals surface area (Å²) in [6.07, 6.45) is 0. The van der Waals surface area contributed by atoms with Gasteiger partial charge in [0.15, 0.2) is 0 Å². The van der Waals surface area contributed by atoms with Crippen LogP contribution in [0.4, 0.5) is 11.4 Å². The van der Waals surface area contributed by atoms with E-state index in [1.54, 1.807) is 6.07 Å². The standard InChI is InChI=1S/C25H22N4O2/c1-29(2)20-15-9-14-19(16-20)26-24(30)22-21(17-10-5-3-6-11-17)23(27-28-25(22)31)18-12-7-4-8-13-18/h3-16H,1-2H3,(H,26,30)(H,28,31). The predicted molar refractivity (Wildman–Crippen MR) is 124 cm³/mol. The maximum absolute atomic E-state index is 13.3. The molecule has 1 amide bonds. The molecule has 4 rings (SSSR count). The number of H-pyrrole nitrogens is 1. The summed E-state index contributed by atoms with van der Waals surface area (Å²) in [7, 11) is 3.85. The highest BCUT2D eigenvalue weighted by atomic mass is 16.2. The molecule has 0 aliphatic heterocycles. The lowest BCUT2D eigenvalue weighted by Gasteiger charge is -2.16. The van der Waals surface area contributed by atoms with Crippen molar-refractivity contribution in [1.82, 2.24) is 10.2 Å². The van der Waals surface area contributed by atoms with Gasteiger partial charge in [0, 0.05) is 36.6 Å². The van der Waals surface area contributed by atoms with Crippen LogP contribution in [0.2, 0.25) is 0 Å². The number of carbonyl (C=O) groups excluding carboxylic acids is 1. The molecule has 0 spiro atoms. The van der Waals surface area contributed by atoms with E-state index >= 15 is 0 Å². The first-order valence-electron chi connectivity index (χ1n) is 9.87. The Morgan fingerprint density at radius 1 is 0.871 bits per heavy atom. The first kappa shape index (κ1) is 20.1. The van der Waals surface area contributed by atoms with Gasteiger partial charge < -0.3 is 10.2 Å². The maximum atomic E-state index is 13.3. The molecule has 0 unspecified atom stereocenters. The molecule has 2 N–H and O–H groups in total. The Labute approximate surface area is 180 Å². The van der Waals surface area contributed by atoms with Gasteiger partial charge in [0.2, 0.25) is 0 Å². The van der Waals surface area contributed by atoms with Gasteiger partial charge in [-0.1, -0.05) is 66.7 Å². The van der Waals surface area contributed by atoms with Crippen LogP contribution in [-0.4, -0.2) is 30.2 Å². The van der Waals surface area contributed by atoms with E-state index in [2.05, 4.69) is 15.5 Å². The SMILES string of the molecule is CN(C)c1cccc(NC(=O)c2c(-c3ccccc3)c(-c3ccccc3)n[nH]c2=O)c1. The van der Waals surface area contributed by atoms with Crippen molar-refractivity contribution in [2.75, 3.05) is 24.3 Å². The summed E-state index contributed by atoms with van der Waals surface area (Å²) < 4.78 is 0. The van der Waals surface area contributed by atoms with Crippen molar-refractivity contribution in [2.45, 2.75) is 0 Å². The smallest absolute Gasteiger partial charge is 0.277 e. The summed E-state index contributed by atoms with van der Waals surface area (Å²) in [6, 6.07) is 26.3. The minimum atomic E-state index is -0.542. The van der Waals surface area contributed by atoms with Crippen molar-refractivity contribution in [3.05, 3.63) is 101 Å². The molecule has 0 aliphatic rings. The Morgan fingerprint density at radius 3 is 2.16 bits per heavy atom. The fourth-order valence-corrected chi connectivity index (χ4v) is 3.41. The number of hydrogen-bond acceptors (Lipinski definition) is 4. The molecular weight excluding hydrogens is 388 g/mol. The summed E-state index contributed by atoms with van der Waals surface area (Å²) in [5.74, 6) is -0.490. The van der Waals surface area contributed by atoms with Crippen molar-refractivity contribution in [3.8, 4) is 22.4 Å². The molecule has 0 radical (unpaired) electrons. The molecule has 6 nitrogen and oxygen atoms in total. The molecular formula is C25H22N4O2. The number of benzene rings is 3. The van der Waals surface area contributed by atoms with E-state index in [0.29, 0.717) is 16.9 Å². The first-order chi connectivity index (χ1) is 15.0. The van der Waals surface area contributed by atoms with Crippen molar-refractivity contribution < 1.29 is 4.79 Å². The van der Waals surface area contributed by atoms with Gasteiger partial charge in [-0.3, -0.25) is 9.59 Å². The molecule has 31 heavy (non-hydrogen) atoms. The van der Waals surface area contributed by atoms with E-state index < -0.39 is 11.5 Å². The molecule has 0 bridgehead atoms. The number of nitrogens with one attached hydrogen (secondary N) is 2. The van der Waals surface area contributed by atoms with Crippen molar-refractivity contribution in [2.24, 2.45) is 0 Å². The molecule has 0 aliphatic carbocycles. The average Bonchev–Trinajstić information content (AvgIpc) is 2.80. The Morgan fingerprint density at radius 2 is 1.52 bits per heavy atom. The summed E-state index contributed by atoms with van der Waals surface area (Å²) in [5.41, 5.74) is 3.61. The maximum Gasteiger partial charge on any atom is 0.277 e. The minimum Gasteiger partial charge on any atom is -0.378 e.